The van der Waals surface area contributed by atoms with Gasteiger partial charge in [0.25, 0.3) is 0 Å². The summed E-state index contributed by atoms with van der Waals surface area (Å²) in [6.45, 7) is 5.37. The maximum Gasteiger partial charge on any atom is 0.351 e. The molecular weight excluding hydrogens is 196 g/mol. The number of carbonyl (C=O) groups excluding carboxylic acids is 2. The van der Waals surface area contributed by atoms with Crippen LogP contribution in [-0.4, -0.2) is 18.9 Å². The van der Waals surface area contributed by atoms with E-state index in [1.54, 1.807) is 13.0 Å². The van der Waals surface area contributed by atoms with Crippen molar-refractivity contribution in [3.05, 3.63) is 12.2 Å². The molecule has 0 aromatic carbocycles. The molecule has 0 aliphatic heterocycles. The highest BCUT2D eigenvalue weighted by Crippen LogP contribution is 2.40. The molecule has 0 aromatic heterocycles. The van der Waals surface area contributed by atoms with Gasteiger partial charge in [-0.15, -0.1) is 0 Å². The third kappa shape index (κ3) is 2.26. The van der Waals surface area contributed by atoms with Crippen LogP contribution in [-0.2, 0) is 19.4 Å². The molecule has 0 N–H and O–H groups in total. The highest BCUT2D eigenvalue weighted by Gasteiger charge is 2.44. The van der Waals surface area contributed by atoms with E-state index >= 15 is 0 Å². The Bertz CT molecular complexity index is 317. The molecule has 0 saturated carbocycles. The van der Waals surface area contributed by atoms with Crippen molar-refractivity contribution in [2.45, 2.75) is 27.2 Å². The highest BCUT2D eigenvalue weighted by molar-refractivity contribution is 5.97. The van der Waals surface area contributed by atoms with Crippen LogP contribution in [0.4, 0.5) is 0 Å². The summed E-state index contributed by atoms with van der Waals surface area (Å²) in [6.07, 6.45) is 3.46. The minimum atomic E-state index is -0.784. The van der Waals surface area contributed by atoms with Crippen molar-refractivity contribution in [2.24, 2.45) is 10.8 Å². The van der Waals surface area contributed by atoms with E-state index in [-0.39, 0.29) is 5.78 Å². The highest BCUT2D eigenvalue weighted by atomic mass is 17.2. The smallest absolute Gasteiger partial charge is 0.298 e. The van der Waals surface area contributed by atoms with Crippen LogP contribution in [0.1, 0.15) is 27.2 Å². The zero-order valence-electron chi connectivity index (χ0n) is 9.49. The van der Waals surface area contributed by atoms with Crippen LogP contribution in [0.5, 0.6) is 0 Å². The van der Waals surface area contributed by atoms with E-state index in [1.165, 1.54) is 13.2 Å². The molecule has 4 nitrogen and oxygen atoms in total. The minimum Gasteiger partial charge on any atom is -0.298 e. The Morgan fingerprint density at radius 1 is 1.40 bits per heavy atom. The van der Waals surface area contributed by atoms with Gasteiger partial charge in [-0.25, -0.2) is 4.79 Å². The molecular formula is C11H16O4. The largest absolute Gasteiger partial charge is 0.351 e. The van der Waals surface area contributed by atoms with Gasteiger partial charge in [-0.05, 0) is 19.4 Å². The molecule has 15 heavy (non-hydrogen) atoms. The molecule has 0 aromatic rings. The molecule has 1 aliphatic rings. The van der Waals surface area contributed by atoms with Crippen molar-refractivity contribution in [1.82, 2.24) is 0 Å². The first-order valence-electron chi connectivity index (χ1n) is 4.81. The van der Waals surface area contributed by atoms with Crippen molar-refractivity contribution in [2.75, 3.05) is 7.11 Å². The lowest BCUT2D eigenvalue weighted by Crippen LogP contribution is -2.39. The molecule has 0 bridgehead atoms. The van der Waals surface area contributed by atoms with Crippen molar-refractivity contribution < 1.29 is 19.4 Å². The fourth-order valence-electron chi connectivity index (χ4n) is 1.86. The van der Waals surface area contributed by atoms with Crippen LogP contribution < -0.4 is 0 Å². The predicted molar refractivity (Wildman–Crippen MR) is 53.8 cm³/mol. The SMILES string of the molecule is COOC(=O)[C@]1(C)C=CC(=O)C(C)(C)C1. The van der Waals surface area contributed by atoms with Crippen molar-refractivity contribution in [1.29, 1.82) is 0 Å². The molecule has 1 aliphatic carbocycles. The van der Waals surface area contributed by atoms with Gasteiger partial charge in [0.15, 0.2) is 5.78 Å². The normalized spacial score (nSPS) is 28.9. The first-order chi connectivity index (χ1) is 6.82. The Kier molecular flexibility index (Phi) is 3.00. The van der Waals surface area contributed by atoms with Crippen molar-refractivity contribution >= 4 is 11.8 Å². The zero-order chi connectivity index (χ0) is 11.7. The summed E-state index contributed by atoms with van der Waals surface area (Å²) < 4.78 is 0. The molecule has 1 atom stereocenters. The number of ketones is 1. The van der Waals surface area contributed by atoms with Gasteiger partial charge in [-0.2, -0.15) is 4.89 Å². The molecule has 0 radical (unpaired) electrons. The van der Waals surface area contributed by atoms with Crippen molar-refractivity contribution in [3.63, 3.8) is 0 Å². The van der Waals surface area contributed by atoms with Crippen LogP contribution in [0.3, 0.4) is 0 Å². The van der Waals surface area contributed by atoms with E-state index in [1.807, 2.05) is 13.8 Å². The number of allylic oxidation sites excluding steroid dienone is 1. The molecule has 0 fully saturated rings. The molecule has 0 unspecified atom stereocenters. The summed E-state index contributed by atoms with van der Waals surface area (Å²) in [5.41, 5.74) is -1.32. The molecule has 0 saturated heterocycles. The summed E-state index contributed by atoms with van der Waals surface area (Å²) in [5.74, 6) is -0.438. The third-order valence-electron chi connectivity index (χ3n) is 2.70. The zero-order valence-corrected chi connectivity index (χ0v) is 9.49. The minimum absolute atomic E-state index is 0.0326. The Morgan fingerprint density at radius 3 is 2.47 bits per heavy atom. The van der Waals surface area contributed by atoms with E-state index < -0.39 is 16.8 Å². The Morgan fingerprint density at radius 2 is 2.00 bits per heavy atom. The summed E-state index contributed by atoms with van der Waals surface area (Å²) in [6, 6.07) is 0. The molecule has 4 heteroatoms. The molecule has 0 spiro atoms. The second-order valence-electron chi connectivity index (χ2n) is 4.71. The van der Waals surface area contributed by atoms with Gasteiger partial charge in [0.05, 0.1) is 12.5 Å². The van der Waals surface area contributed by atoms with E-state index in [2.05, 4.69) is 9.78 Å². The van der Waals surface area contributed by atoms with E-state index in [0.29, 0.717) is 6.42 Å². The quantitative estimate of drug-likeness (QED) is 0.516. The summed E-state index contributed by atoms with van der Waals surface area (Å²) in [4.78, 5) is 32.0. The van der Waals surface area contributed by atoms with Gasteiger partial charge in [0, 0.05) is 5.41 Å². The lowest BCUT2D eigenvalue weighted by molar-refractivity contribution is -0.263. The Hall–Kier alpha value is -1.16. The average molecular weight is 212 g/mol. The van der Waals surface area contributed by atoms with Gasteiger partial charge in [-0.3, -0.25) is 9.68 Å². The monoisotopic (exact) mass is 212 g/mol. The van der Waals surface area contributed by atoms with Gasteiger partial charge >= 0.3 is 5.97 Å². The van der Waals surface area contributed by atoms with Gasteiger partial charge < -0.3 is 0 Å². The third-order valence-corrected chi connectivity index (χ3v) is 2.70. The number of rotatable bonds is 2. The van der Waals surface area contributed by atoms with Crippen LogP contribution in [0, 0.1) is 10.8 Å². The maximum atomic E-state index is 11.6. The van der Waals surface area contributed by atoms with E-state index in [0.717, 1.165) is 0 Å². The maximum absolute atomic E-state index is 11.6. The Labute approximate surface area is 89.2 Å². The molecule has 0 heterocycles. The van der Waals surface area contributed by atoms with Gasteiger partial charge in [0.1, 0.15) is 0 Å². The first kappa shape index (κ1) is 11.9. The van der Waals surface area contributed by atoms with E-state index in [9.17, 15) is 9.59 Å². The molecule has 1 rings (SSSR count). The number of hydrogen-bond acceptors (Lipinski definition) is 4. The topological polar surface area (TPSA) is 52.6 Å². The Balaban J connectivity index is 2.93. The summed E-state index contributed by atoms with van der Waals surface area (Å²) in [7, 11) is 1.28. The van der Waals surface area contributed by atoms with Crippen LogP contribution >= 0.6 is 0 Å². The van der Waals surface area contributed by atoms with Gasteiger partial charge in [0.2, 0.25) is 0 Å². The van der Waals surface area contributed by atoms with Crippen LogP contribution in [0.25, 0.3) is 0 Å². The fourth-order valence-corrected chi connectivity index (χ4v) is 1.86. The molecule has 0 amide bonds. The second-order valence-corrected chi connectivity index (χ2v) is 4.71. The van der Waals surface area contributed by atoms with Crippen LogP contribution in [0.2, 0.25) is 0 Å². The van der Waals surface area contributed by atoms with Crippen LogP contribution in [0.15, 0.2) is 12.2 Å². The van der Waals surface area contributed by atoms with Gasteiger partial charge in [-0.1, -0.05) is 19.9 Å². The summed E-state index contributed by atoms with van der Waals surface area (Å²) >= 11 is 0. The fraction of sp³-hybridized carbons (Fsp3) is 0.636. The standard InChI is InChI=1S/C11H16O4/c1-10(2)7-11(3,6-5-8(10)12)9(13)15-14-4/h5-6H,7H2,1-4H3/t11-/m1/s1. The van der Waals surface area contributed by atoms with Crippen molar-refractivity contribution in [3.8, 4) is 0 Å². The lowest BCUT2D eigenvalue weighted by atomic mass is 9.68. The average Bonchev–Trinajstić information content (AvgIpc) is 2.12. The second kappa shape index (κ2) is 3.77. The predicted octanol–water partition coefficient (Wildman–Crippen LogP) is 1.65. The van der Waals surface area contributed by atoms with E-state index in [4.69, 9.17) is 0 Å². The number of carbonyl (C=O) groups is 2. The summed E-state index contributed by atoms with van der Waals surface area (Å²) in [5, 5.41) is 0. The lowest BCUT2D eigenvalue weighted by Gasteiger charge is -2.34. The first-order valence-corrected chi connectivity index (χ1v) is 4.81. The number of hydrogen-bond donors (Lipinski definition) is 0. The molecule has 84 valence electrons.